The van der Waals surface area contributed by atoms with Crippen LogP contribution in [0.5, 0.6) is 0 Å². The Morgan fingerprint density at radius 3 is 2.54 bits per heavy atom. The number of amides is 1. The van der Waals surface area contributed by atoms with Crippen LogP contribution in [0, 0.1) is 0 Å². The molecule has 2 N–H and O–H groups in total. The highest BCUT2D eigenvalue weighted by Gasteiger charge is 2.07. The van der Waals surface area contributed by atoms with Crippen LogP contribution in [0.1, 0.15) is 15.9 Å². The fourth-order valence-electron chi connectivity index (χ4n) is 2.76. The number of carbonyl (C=O) groups is 1. The van der Waals surface area contributed by atoms with E-state index in [1.165, 1.54) is 0 Å². The minimum absolute atomic E-state index is 0.152. The van der Waals surface area contributed by atoms with Gasteiger partial charge in [0.15, 0.2) is 0 Å². The lowest BCUT2D eigenvalue weighted by Crippen LogP contribution is -2.25. The summed E-state index contributed by atoms with van der Waals surface area (Å²) in [5.41, 5.74) is 4.42. The van der Waals surface area contributed by atoms with E-state index < -0.39 is 0 Å². The third-order valence-electron chi connectivity index (χ3n) is 4.26. The molecule has 3 rings (SSSR count). The summed E-state index contributed by atoms with van der Waals surface area (Å²) in [6.07, 6.45) is 3.98. The summed E-state index contributed by atoms with van der Waals surface area (Å²) < 4.78 is 0. The molecule has 0 aliphatic rings. The second-order valence-electron chi connectivity index (χ2n) is 6.66. The lowest BCUT2D eigenvalue weighted by atomic mass is 10.1. The SMILES string of the molecule is CN(C)c1ccc(Nc2cncc(C(=O)NCCc3cccc(Cl)c3)c2)cc1. The molecule has 0 spiro atoms. The fraction of sp³-hybridized carbons (Fsp3) is 0.182. The van der Waals surface area contributed by atoms with Crippen LogP contribution in [0.4, 0.5) is 17.1 Å². The molecule has 1 aromatic heterocycles. The molecule has 0 aliphatic heterocycles. The largest absolute Gasteiger partial charge is 0.378 e. The van der Waals surface area contributed by atoms with Crippen LogP contribution in [0.15, 0.2) is 67.0 Å². The van der Waals surface area contributed by atoms with Crippen molar-refractivity contribution in [3.63, 3.8) is 0 Å². The van der Waals surface area contributed by atoms with Crippen molar-refractivity contribution in [3.05, 3.63) is 83.1 Å². The molecule has 3 aromatic rings. The molecule has 1 amide bonds. The summed E-state index contributed by atoms with van der Waals surface area (Å²) in [5.74, 6) is -0.152. The van der Waals surface area contributed by atoms with E-state index in [2.05, 4.69) is 15.6 Å². The van der Waals surface area contributed by atoms with Crippen molar-refractivity contribution < 1.29 is 4.79 Å². The smallest absolute Gasteiger partial charge is 0.252 e. The highest BCUT2D eigenvalue weighted by Crippen LogP contribution is 2.20. The molecule has 0 bridgehead atoms. The Hall–Kier alpha value is -3.05. The predicted octanol–water partition coefficient (Wildman–Crippen LogP) is 4.52. The number of benzene rings is 2. The number of nitrogens with zero attached hydrogens (tertiary/aromatic N) is 2. The molecule has 0 atom stereocenters. The van der Waals surface area contributed by atoms with Crippen molar-refractivity contribution in [2.75, 3.05) is 30.9 Å². The maximum absolute atomic E-state index is 12.4. The lowest BCUT2D eigenvalue weighted by molar-refractivity contribution is 0.0954. The molecule has 0 unspecified atom stereocenters. The zero-order chi connectivity index (χ0) is 19.9. The minimum Gasteiger partial charge on any atom is -0.378 e. The van der Waals surface area contributed by atoms with E-state index in [4.69, 9.17) is 11.6 Å². The van der Waals surface area contributed by atoms with E-state index in [9.17, 15) is 4.79 Å². The normalized spacial score (nSPS) is 10.4. The maximum atomic E-state index is 12.4. The van der Waals surface area contributed by atoms with Crippen LogP contribution in [-0.2, 0) is 6.42 Å². The van der Waals surface area contributed by atoms with Gasteiger partial charge in [0.05, 0.1) is 17.4 Å². The Bertz CT molecular complexity index is 941. The number of rotatable bonds is 7. The molecule has 0 radical (unpaired) electrons. The summed E-state index contributed by atoms with van der Waals surface area (Å²) in [6.45, 7) is 0.531. The number of carbonyl (C=O) groups excluding carboxylic acids is 1. The topological polar surface area (TPSA) is 57.3 Å². The molecule has 0 saturated carbocycles. The molecule has 0 aliphatic carbocycles. The molecule has 6 heteroatoms. The number of anilines is 3. The first-order valence-electron chi connectivity index (χ1n) is 9.03. The van der Waals surface area contributed by atoms with Crippen LogP contribution >= 0.6 is 11.6 Å². The summed E-state index contributed by atoms with van der Waals surface area (Å²) in [7, 11) is 4.00. The van der Waals surface area contributed by atoms with Gasteiger partial charge in [0.25, 0.3) is 5.91 Å². The predicted molar refractivity (Wildman–Crippen MR) is 116 cm³/mol. The molecule has 144 valence electrons. The Morgan fingerprint density at radius 1 is 1.04 bits per heavy atom. The molecule has 0 fully saturated rings. The van der Waals surface area contributed by atoms with E-state index in [0.29, 0.717) is 17.1 Å². The molecule has 5 nitrogen and oxygen atoms in total. The van der Waals surface area contributed by atoms with Gasteiger partial charge in [0, 0.05) is 43.2 Å². The second-order valence-corrected chi connectivity index (χ2v) is 7.10. The van der Waals surface area contributed by atoms with Crippen LogP contribution in [0.2, 0.25) is 5.02 Å². The quantitative estimate of drug-likeness (QED) is 0.618. The standard InChI is InChI=1S/C22H23ClN4O/c1-27(2)21-8-6-19(7-9-21)26-20-13-17(14-24-15-20)22(28)25-11-10-16-4-3-5-18(23)12-16/h3-9,12-15,26H,10-11H2,1-2H3,(H,25,28). The van der Waals surface area contributed by atoms with E-state index in [1.54, 1.807) is 18.5 Å². The zero-order valence-corrected chi connectivity index (χ0v) is 16.7. The Labute approximate surface area is 170 Å². The van der Waals surface area contributed by atoms with Gasteiger partial charge in [0.2, 0.25) is 0 Å². The van der Waals surface area contributed by atoms with Gasteiger partial charge in [-0.1, -0.05) is 23.7 Å². The van der Waals surface area contributed by atoms with E-state index in [1.807, 2.05) is 67.5 Å². The van der Waals surface area contributed by atoms with Gasteiger partial charge in [-0.15, -0.1) is 0 Å². The number of hydrogen-bond donors (Lipinski definition) is 2. The van der Waals surface area contributed by atoms with Crippen molar-refractivity contribution >= 4 is 34.6 Å². The van der Waals surface area contributed by atoms with Crippen molar-refractivity contribution in [1.29, 1.82) is 0 Å². The monoisotopic (exact) mass is 394 g/mol. The Kier molecular flexibility index (Phi) is 6.50. The Morgan fingerprint density at radius 2 is 1.82 bits per heavy atom. The van der Waals surface area contributed by atoms with Gasteiger partial charge in [-0.05, 0) is 54.4 Å². The number of pyridine rings is 1. The van der Waals surface area contributed by atoms with Gasteiger partial charge < -0.3 is 15.5 Å². The van der Waals surface area contributed by atoms with Gasteiger partial charge in [0.1, 0.15) is 0 Å². The number of aromatic nitrogens is 1. The summed E-state index contributed by atoms with van der Waals surface area (Å²) in [6, 6.07) is 17.5. The maximum Gasteiger partial charge on any atom is 0.252 e. The number of halogens is 1. The van der Waals surface area contributed by atoms with Gasteiger partial charge >= 0.3 is 0 Å². The molecule has 1 heterocycles. The summed E-state index contributed by atoms with van der Waals surface area (Å²) in [4.78, 5) is 18.6. The molecule has 28 heavy (non-hydrogen) atoms. The molecular formula is C22H23ClN4O. The van der Waals surface area contributed by atoms with Gasteiger partial charge in [-0.2, -0.15) is 0 Å². The van der Waals surface area contributed by atoms with E-state index in [0.717, 1.165) is 29.0 Å². The van der Waals surface area contributed by atoms with Gasteiger partial charge in [-0.25, -0.2) is 0 Å². The summed E-state index contributed by atoms with van der Waals surface area (Å²) in [5, 5.41) is 6.90. The van der Waals surface area contributed by atoms with Crippen LogP contribution in [0.3, 0.4) is 0 Å². The molecular weight excluding hydrogens is 372 g/mol. The van der Waals surface area contributed by atoms with Crippen molar-refractivity contribution in [1.82, 2.24) is 10.3 Å². The third-order valence-corrected chi connectivity index (χ3v) is 4.50. The average molecular weight is 395 g/mol. The number of hydrogen-bond acceptors (Lipinski definition) is 4. The first kappa shape index (κ1) is 19.7. The van der Waals surface area contributed by atoms with Crippen molar-refractivity contribution in [2.24, 2.45) is 0 Å². The average Bonchev–Trinajstić information content (AvgIpc) is 2.68. The Balaban J connectivity index is 1.58. The summed E-state index contributed by atoms with van der Waals surface area (Å²) >= 11 is 5.99. The van der Waals surface area contributed by atoms with Crippen molar-refractivity contribution in [2.45, 2.75) is 6.42 Å². The first-order valence-corrected chi connectivity index (χ1v) is 9.41. The van der Waals surface area contributed by atoms with E-state index >= 15 is 0 Å². The second kappa shape index (κ2) is 9.24. The third kappa shape index (κ3) is 5.47. The van der Waals surface area contributed by atoms with Crippen molar-refractivity contribution in [3.8, 4) is 0 Å². The van der Waals surface area contributed by atoms with Crippen LogP contribution in [0.25, 0.3) is 0 Å². The fourth-order valence-corrected chi connectivity index (χ4v) is 2.97. The number of nitrogens with one attached hydrogen (secondary N) is 2. The molecule has 2 aromatic carbocycles. The van der Waals surface area contributed by atoms with Crippen LogP contribution in [-0.4, -0.2) is 31.5 Å². The first-order chi connectivity index (χ1) is 13.5. The van der Waals surface area contributed by atoms with E-state index in [-0.39, 0.29) is 5.91 Å². The van der Waals surface area contributed by atoms with Crippen LogP contribution < -0.4 is 15.5 Å². The highest BCUT2D eigenvalue weighted by molar-refractivity contribution is 6.30. The lowest BCUT2D eigenvalue weighted by Gasteiger charge is -2.13. The molecule has 0 saturated heterocycles. The zero-order valence-electron chi connectivity index (χ0n) is 15.9. The van der Waals surface area contributed by atoms with Gasteiger partial charge in [-0.3, -0.25) is 9.78 Å². The highest BCUT2D eigenvalue weighted by atomic mass is 35.5. The minimum atomic E-state index is -0.152.